The van der Waals surface area contributed by atoms with Crippen molar-refractivity contribution in [2.45, 2.75) is 77.1 Å². The molecule has 1 saturated carbocycles. The van der Waals surface area contributed by atoms with Crippen LogP contribution in [0, 0.1) is 0 Å². The lowest BCUT2D eigenvalue weighted by Crippen LogP contribution is -2.44. The Balaban J connectivity index is 1.75. The molecule has 1 aromatic carbocycles. The maximum Gasteiger partial charge on any atom is 0.407 e. The number of nitrogens with one attached hydrogen (secondary N) is 2. The third-order valence-corrected chi connectivity index (χ3v) is 4.55. The van der Waals surface area contributed by atoms with E-state index in [0.29, 0.717) is 12.1 Å². The number of rotatable bonds is 5. The fourth-order valence-corrected chi connectivity index (χ4v) is 3.22. The van der Waals surface area contributed by atoms with Crippen LogP contribution >= 0.6 is 0 Å². The van der Waals surface area contributed by atoms with Crippen LogP contribution in [0.15, 0.2) is 24.3 Å². The van der Waals surface area contributed by atoms with Crippen molar-refractivity contribution >= 4 is 6.09 Å². The summed E-state index contributed by atoms with van der Waals surface area (Å²) in [7, 11) is 1.68. The van der Waals surface area contributed by atoms with Gasteiger partial charge in [0.2, 0.25) is 0 Å². The minimum absolute atomic E-state index is 0.212. The van der Waals surface area contributed by atoms with Crippen LogP contribution in [0.1, 0.15) is 65.0 Å². The molecular formula is C20H32N2O3. The molecule has 5 heteroatoms. The van der Waals surface area contributed by atoms with E-state index in [1.54, 1.807) is 7.11 Å². The summed E-state index contributed by atoms with van der Waals surface area (Å²) in [6, 6.07) is 9.19. The molecule has 1 aromatic rings. The highest BCUT2D eigenvalue weighted by Crippen LogP contribution is 2.23. The second-order valence-corrected chi connectivity index (χ2v) is 7.86. The highest BCUT2D eigenvalue weighted by molar-refractivity contribution is 5.68. The van der Waals surface area contributed by atoms with Gasteiger partial charge in [0, 0.05) is 18.1 Å². The van der Waals surface area contributed by atoms with E-state index in [1.165, 1.54) is 5.56 Å². The minimum atomic E-state index is -0.448. The van der Waals surface area contributed by atoms with Crippen LogP contribution in [0.3, 0.4) is 0 Å². The molecule has 0 saturated heterocycles. The second kappa shape index (κ2) is 8.56. The van der Waals surface area contributed by atoms with Gasteiger partial charge in [0.05, 0.1) is 7.11 Å². The van der Waals surface area contributed by atoms with Crippen molar-refractivity contribution in [1.82, 2.24) is 10.6 Å². The number of hydrogen-bond acceptors (Lipinski definition) is 4. The molecule has 0 radical (unpaired) electrons. The Morgan fingerprint density at radius 2 is 1.64 bits per heavy atom. The Kier molecular flexibility index (Phi) is 6.71. The van der Waals surface area contributed by atoms with Crippen LogP contribution in [-0.4, -0.2) is 30.9 Å². The Morgan fingerprint density at radius 3 is 2.16 bits per heavy atom. The highest BCUT2D eigenvalue weighted by Gasteiger charge is 2.25. The normalized spacial score (nSPS) is 22.1. The van der Waals surface area contributed by atoms with Gasteiger partial charge in [0.15, 0.2) is 0 Å². The smallest absolute Gasteiger partial charge is 0.407 e. The quantitative estimate of drug-likeness (QED) is 0.838. The molecule has 0 unspecified atom stereocenters. The zero-order valence-electron chi connectivity index (χ0n) is 16.1. The number of ether oxygens (including phenoxy) is 2. The lowest BCUT2D eigenvalue weighted by Gasteiger charge is -2.32. The first-order valence-corrected chi connectivity index (χ1v) is 9.16. The SMILES string of the molecule is COc1ccc([C@H](C)NC2CCC(NC(=O)OC(C)(C)C)CC2)cc1. The zero-order valence-corrected chi connectivity index (χ0v) is 16.1. The summed E-state index contributed by atoms with van der Waals surface area (Å²) < 4.78 is 10.5. The van der Waals surface area contributed by atoms with Crippen LogP contribution in [0.2, 0.25) is 0 Å². The van der Waals surface area contributed by atoms with E-state index < -0.39 is 5.60 Å². The summed E-state index contributed by atoms with van der Waals surface area (Å²) in [5, 5.41) is 6.69. The third kappa shape index (κ3) is 6.58. The summed E-state index contributed by atoms with van der Waals surface area (Å²) in [4.78, 5) is 11.9. The van der Waals surface area contributed by atoms with Gasteiger partial charge < -0.3 is 20.1 Å². The van der Waals surface area contributed by atoms with E-state index in [2.05, 4.69) is 29.7 Å². The fraction of sp³-hybridized carbons (Fsp3) is 0.650. The van der Waals surface area contributed by atoms with Crippen molar-refractivity contribution < 1.29 is 14.3 Å². The van der Waals surface area contributed by atoms with E-state index in [0.717, 1.165) is 31.4 Å². The Hall–Kier alpha value is -1.75. The molecule has 0 heterocycles. The molecule has 2 rings (SSSR count). The Labute approximate surface area is 151 Å². The highest BCUT2D eigenvalue weighted by atomic mass is 16.6. The molecule has 1 aliphatic rings. The molecule has 1 amide bonds. The molecule has 1 fully saturated rings. The van der Waals surface area contributed by atoms with Gasteiger partial charge in [0.1, 0.15) is 11.4 Å². The summed E-state index contributed by atoms with van der Waals surface area (Å²) in [6.07, 6.45) is 3.76. The number of carbonyl (C=O) groups excluding carboxylic acids is 1. The van der Waals surface area contributed by atoms with E-state index in [9.17, 15) is 4.79 Å². The van der Waals surface area contributed by atoms with Gasteiger partial charge in [-0.2, -0.15) is 0 Å². The molecule has 0 bridgehead atoms. The summed E-state index contributed by atoms with van der Waals surface area (Å²) in [6.45, 7) is 7.84. The van der Waals surface area contributed by atoms with Crippen LogP contribution in [-0.2, 0) is 4.74 Å². The van der Waals surface area contributed by atoms with Crippen molar-refractivity contribution in [3.8, 4) is 5.75 Å². The number of methoxy groups -OCH3 is 1. The number of hydrogen-bond donors (Lipinski definition) is 2. The van der Waals surface area contributed by atoms with Crippen molar-refractivity contribution in [2.75, 3.05) is 7.11 Å². The van der Waals surface area contributed by atoms with Crippen LogP contribution < -0.4 is 15.4 Å². The lowest BCUT2D eigenvalue weighted by molar-refractivity contribution is 0.0489. The predicted molar refractivity (Wildman–Crippen MR) is 100.0 cm³/mol. The lowest BCUT2D eigenvalue weighted by atomic mass is 9.90. The summed E-state index contributed by atoms with van der Waals surface area (Å²) in [5.41, 5.74) is 0.811. The largest absolute Gasteiger partial charge is 0.497 e. The average Bonchev–Trinajstić information content (AvgIpc) is 2.55. The standard InChI is InChI=1S/C20H32N2O3/c1-14(15-6-12-18(24-5)13-7-15)21-16-8-10-17(11-9-16)22-19(23)25-20(2,3)4/h6-7,12-14,16-17,21H,8-11H2,1-5H3,(H,22,23)/t14-,16?,17?/m0/s1. The first-order valence-electron chi connectivity index (χ1n) is 9.16. The van der Waals surface area contributed by atoms with E-state index >= 15 is 0 Å². The number of alkyl carbamates (subject to hydrolysis) is 1. The molecule has 0 aliphatic heterocycles. The topological polar surface area (TPSA) is 59.6 Å². The summed E-state index contributed by atoms with van der Waals surface area (Å²) >= 11 is 0. The van der Waals surface area contributed by atoms with Gasteiger partial charge in [-0.15, -0.1) is 0 Å². The molecule has 1 atom stereocenters. The van der Waals surface area contributed by atoms with Crippen LogP contribution in [0.4, 0.5) is 4.79 Å². The second-order valence-electron chi connectivity index (χ2n) is 7.86. The van der Waals surface area contributed by atoms with Crippen molar-refractivity contribution in [3.05, 3.63) is 29.8 Å². The molecule has 5 nitrogen and oxygen atoms in total. The number of carbonyl (C=O) groups is 1. The fourth-order valence-electron chi connectivity index (χ4n) is 3.22. The van der Waals surface area contributed by atoms with Gasteiger partial charge in [-0.3, -0.25) is 0 Å². The molecule has 25 heavy (non-hydrogen) atoms. The number of benzene rings is 1. The predicted octanol–water partition coefficient (Wildman–Crippen LogP) is 4.18. The molecule has 2 N–H and O–H groups in total. The van der Waals surface area contributed by atoms with Crippen LogP contribution in [0.5, 0.6) is 5.75 Å². The summed E-state index contributed by atoms with van der Waals surface area (Å²) in [5.74, 6) is 0.879. The Bertz CT molecular complexity index is 543. The van der Waals surface area contributed by atoms with Gasteiger partial charge in [-0.1, -0.05) is 12.1 Å². The minimum Gasteiger partial charge on any atom is -0.497 e. The third-order valence-electron chi connectivity index (χ3n) is 4.55. The molecule has 0 spiro atoms. The molecule has 0 aromatic heterocycles. The van der Waals surface area contributed by atoms with Crippen molar-refractivity contribution in [1.29, 1.82) is 0 Å². The molecular weight excluding hydrogens is 316 g/mol. The van der Waals surface area contributed by atoms with Crippen molar-refractivity contribution in [2.24, 2.45) is 0 Å². The first-order chi connectivity index (χ1) is 11.8. The Morgan fingerprint density at radius 1 is 1.08 bits per heavy atom. The maximum absolute atomic E-state index is 11.9. The number of amides is 1. The van der Waals surface area contributed by atoms with Gasteiger partial charge >= 0.3 is 6.09 Å². The van der Waals surface area contributed by atoms with Crippen LogP contribution in [0.25, 0.3) is 0 Å². The zero-order chi connectivity index (χ0) is 18.4. The monoisotopic (exact) mass is 348 g/mol. The van der Waals surface area contributed by atoms with Gasteiger partial charge in [-0.25, -0.2) is 4.79 Å². The molecule has 140 valence electrons. The van der Waals surface area contributed by atoms with E-state index in [1.807, 2.05) is 32.9 Å². The van der Waals surface area contributed by atoms with Gasteiger partial charge in [0.25, 0.3) is 0 Å². The van der Waals surface area contributed by atoms with E-state index in [4.69, 9.17) is 9.47 Å². The van der Waals surface area contributed by atoms with Crippen molar-refractivity contribution in [3.63, 3.8) is 0 Å². The van der Waals surface area contributed by atoms with E-state index in [-0.39, 0.29) is 12.1 Å². The molecule has 1 aliphatic carbocycles. The average molecular weight is 348 g/mol. The maximum atomic E-state index is 11.9. The van der Waals surface area contributed by atoms with Gasteiger partial charge in [-0.05, 0) is 71.1 Å². The first kappa shape index (κ1) is 19.6.